The second kappa shape index (κ2) is 5.75. The van der Waals surface area contributed by atoms with Gasteiger partial charge < -0.3 is 5.73 Å². The maximum Gasteiger partial charge on any atom is 0.128 e. The van der Waals surface area contributed by atoms with Gasteiger partial charge in [-0.05, 0) is 30.3 Å². The van der Waals surface area contributed by atoms with Gasteiger partial charge >= 0.3 is 0 Å². The number of hydrogen-bond acceptors (Lipinski definition) is 3. The maximum absolute atomic E-state index is 14.0. The molecule has 6 heteroatoms. The zero-order chi connectivity index (χ0) is 14.8. The zero-order valence-corrected chi connectivity index (χ0v) is 12.5. The summed E-state index contributed by atoms with van der Waals surface area (Å²) in [6.07, 6.45) is 1.55. The molecule has 0 fully saturated rings. The second-order valence-corrected chi connectivity index (χ2v) is 5.47. The number of hydrogen-bond donors (Lipinski definition) is 1. The van der Waals surface area contributed by atoms with Crippen molar-refractivity contribution in [2.75, 3.05) is 0 Å². The highest BCUT2D eigenvalue weighted by Gasteiger charge is 2.19. The average molecular weight is 347 g/mol. The number of rotatable bonds is 3. The second-order valence-electron chi connectivity index (χ2n) is 4.55. The number of nitrogens with zero attached hydrogens (tertiary/aromatic N) is 3. The van der Waals surface area contributed by atoms with Crippen LogP contribution in [-0.2, 0) is 0 Å². The highest BCUT2D eigenvalue weighted by Crippen LogP contribution is 2.26. The van der Waals surface area contributed by atoms with Gasteiger partial charge in [0, 0.05) is 10.0 Å². The Morgan fingerprint density at radius 3 is 2.67 bits per heavy atom. The lowest BCUT2D eigenvalue weighted by Gasteiger charge is -2.14. The summed E-state index contributed by atoms with van der Waals surface area (Å²) < 4.78 is 16.4. The van der Waals surface area contributed by atoms with E-state index in [9.17, 15) is 4.39 Å². The fourth-order valence-electron chi connectivity index (χ4n) is 2.14. The summed E-state index contributed by atoms with van der Waals surface area (Å²) in [5.74, 6) is -0.355. The third-order valence-corrected chi connectivity index (χ3v) is 3.68. The van der Waals surface area contributed by atoms with E-state index < -0.39 is 6.04 Å². The molecule has 1 heterocycles. The fourth-order valence-corrected chi connectivity index (χ4v) is 2.52. The van der Waals surface area contributed by atoms with Crippen molar-refractivity contribution in [3.63, 3.8) is 0 Å². The Bertz CT molecular complexity index is 757. The van der Waals surface area contributed by atoms with Crippen LogP contribution in [0.2, 0.25) is 0 Å². The molecule has 2 N–H and O–H groups in total. The van der Waals surface area contributed by atoms with Crippen LogP contribution < -0.4 is 5.73 Å². The van der Waals surface area contributed by atoms with Crippen molar-refractivity contribution in [1.82, 2.24) is 15.0 Å². The van der Waals surface area contributed by atoms with E-state index in [4.69, 9.17) is 5.73 Å². The van der Waals surface area contributed by atoms with E-state index >= 15 is 0 Å². The first-order valence-electron chi connectivity index (χ1n) is 6.33. The average Bonchev–Trinajstić information content (AvgIpc) is 2.99. The molecule has 0 amide bonds. The summed E-state index contributed by atoms with van der Waals surface area (Å²) in [5.41, 5.74) is 8.05. The molecule has 106 valence electrons. The van der Waals surface area contributed by atoms with Crippen molar-refractivity contribution < 1.29 is 4.39 Å². The summed E-state index contributed by atoms with van der Waals surface area (Å²) in [6, 6.07) is 13.5. The molecule has 21 heavy (non-hydrogen) atoms. The van der Waals surface area contributed by atoms with Gasteiger partial charge in [0.2, 0.25) is 0 Å². The van der Waals surface area contributed by atoms with E-state index in [1.807, 2.05) is 30.3 Å². The van der Waals surface area contributed by atoms with Crippen molar-refractivity contribution in [3.05, 3.63) is 76.3 Å². The minimum Gasteiger partial charge on any atom is -0.319 e. The number of halogens is 2. The van der Waals surface area contributed by atoms with Gasteiger partial charge in [-0.3, -0.25) is 0 Å². The van der Waals surface area contributed by atoms with Crippen LogP contribution in [0.1, 0.15) is 17.3 Å². The van der Waals surface area contributed by atoms with Crippen LogP contribution in [0.3, 0.4) is 0 Å². The predicted octanol–water partition coefficient (Wildman–Crippen LogP) is 3.22. The SMILES string of the molecule is NC(c1cc(Br)ccc1F)c1cnnn1-c1ccccc1. The fraction of sp³-hybridized carbons (Fsp3) is 0.0667. The summed E-state index contributed by atoms with van der Waals surface area (Å²) >= 11 is 3.33. The Balaban J connectivity index is 2.06. The number of para-hydroxylation sites is 1. The van der Waals surface area contributed by atoms with Crippen LogP contribution in [0.5, 0.6) is 0 Å². The monoisotopic (exact) mass is 346 g/mol. The molecule has 0 aliphatic heterocycles. The van der Waals surface area contributed by atoms with E-state index in [1.165, 1.54) is 6.07 Å². The van der Waals surface area contributed by atoms with Gasteiger partial charge in [0.1, 0.15) is 5.82 Å². The number of nitrogens with two attached hydrogens (primary N) is 1. The summed E-state index contributed by atoms with van der Waals surface area (Å²) in [7, 11) is 0. The van der Waals surface area contributed by atoms with Crippen molar-refractivity contribution >= 4 is 15.9 Å². The molecule has 0 bridgehead atoms. The Hall–Kier alpha value is -2.05. The van der Waals surface area contributed by atoms with E-state index in [0.29, 0.717) is 11.3 Å². The number of aromatic nitrogens is 3. The quantitative estimate of drug-likeness (QED) is 0.792. The first kappa shape index (κ1) is 13.9. The maximum atomic E-state index is 14.0. The normalized spacial score (nSPS) is 12.3. The molecule has 0 saturated carbocycles. The topological polar surface area (TPSA) is 56.7 Å². The minimum absolute atomic E-state index is 0.355. The Morgan fingerprint density at radius 1 is 1.14 bits per heavy atom. The molecule has 2 aromatic carbocycles. The molecular formula is C15H12BrFN4. The molecule has 0 spiro atoms. The highest BCUT2D eigenvalue weighted by atomic mass is 79.9. The summed E-state index contributed by atoms with van der Waals surface area (Å²) in [4.78, 5) is 0. The standard InChI is InChI=1S/C15H12BrFN4/c16-10-6-7-13(17)12(8-10)15(18)14-9-19-20-21(14)11-4-2-1-3-5-11/h1-9,15H,18H2. The van der Waals surface area contributed by atoms with E-state index in [1.54, 1.807) is 23.0 Å². The molecule has 3 aromatic rings. The van der Waals surface area contributed by atoms with Crippen molar-refractivity contribution in [2.24, 2.45) is 5.73 Å². The van der Waals surface area contributed by atoms with Crippen LogP contribution in [0.15, 0.2) is 59.2 Å². The Morgan fingerprint density at radius 2 is 1.90 bits per heavy atom. The van der Waals surface area contributed by atoms with Crippen molar-refractivity contribution in [3.8, 4) is 5.69 Å². The van der Waals surface area contributed by atoms with Crippen LogP contribution in [0.4, 0.5) is 4.39 Å². The van der Waals surface area contributed by atoms with Gasteiger partial charge in [-0.15, -0.1) is 5.10 Å². The molecule has 0 aliphatic carbocycles. The molecule has 0 aliphatic rings. The van der Waals surface area contributed by atoms with Crippen molar-refractivity contribution in [2.45, 2.75) is 6.04 Å². The largest absolute Gasteiger partial charge is 0.319 e. The van der Waals surface area contributed by atoms with Crippen molar-refractivity contribution in [1.29, 1.82) is 0 Å². The lowest BCUT2D eigenvalue weighted by molar-refractivity contribution is 0.592. The number of benzene rings is 2. The predicted molar refractivity (Wildman–Crippen MR) is 81.5 cm³/mol. The van der Waals surface area contributed by atoms with Crippen LogP contribution in [-0.4, -0.2) is 15.0 Å². The third kappa shape index (κ3) is 2.72. The molecule has 1 unspecified atom stereocenters. The van der Waals surface area contributed by atoms with E-state index in [2.05, 4.69) is 26.2 Å². The van der Waals surface area contributed by atoms with Gasteiger partial charge in [-0.1, -0.05) is 39.3 Å². The smallest absolute Gasteiger partial charge is 0.128 e. The van der Waals surface area contributed by atoms with Gasteiger partial charge in [0.15, 0.2) is 0 Å². The van der Waals surface area contributed by atoms with Crippen LogP contribution >= 0.6 is 15.9 Å². The Kier molecular flexibility index (Phi) is 3.81. The lowest BCUT2D eigenvalue weighted by atomic mass is 10.0. The zero-order valence-electron chi connectivity index (χ0n) is 10.9. The molecule has 1 aromatic heterocycles. The van der Waals surface area contributed by atoms with Gasteiger partial charge in [0.25, 0.3) is 0 Å². The van der Waals surface area contributed by atoms with Crippen LogP contribution in [0.25, 0.3) is 5.69 Å². The Labute approximate surface area is 129 Å². The van der Waals surface area contributed by atoms with E-state index in [0.717, 1.165) is 10.2 Å². The molecule has 0 radical (unpaired) electrons. The first-order chi connectivity index (χ1) is 10.2. The highest BCUT2D eigenvalue weighted by molar-refractivity contribution is 9.10. The lowest BCUT2D eigenvalue weighted by Crippen LogP contribution is -2.18. The molecular weight excluding hydrogens is 335 g/mol. The molecule has 3 rings (SSSR count). The summed E-state index contributed by atoms with van der Waals surface area (Å²) in [5, 5.41) is 7.93. The van der Waals surface area contributed by atoms with Gasteiger partial charge in [-0.2, -0.15) is 0 Å². The van der Waals surface area contributed by atoms with E-state index in [-0.39, 0.29) is 5.82 Å². The molecule has 1 atom stereocenters. The van der Waals surface area contributed by atoms with Gasteiger partial charge in [0.05, 0.1) is 23.6 Å². The first-order valence-corrected chi connectivity index (χ1v) is 7.12. The van der Waals surface area contributed by atoms with Crippen LogP contribution in [0, 0.1) is 5.82 Å². The minimum atomic E-state index is -0.655. The molecule has 4 nitrogen and oxygen atoms in total. The third-order valence-electron chi connectivity index (χ3n) is 3.19. The summed E-state index contributed by atoms with van der Waals surface area (Å²) in [6.45, 7) is 0. The molecule has 0 saturated heterocycles. The van der Waals surface area contributed by atoms with Gasteiger partial charge in [-0.25, -0.2) is 9.07 Å².